The third-order valence-corrected chi connectivity index (χ3v) is 3.04. The third-order valence-electron chi connectivity index (χ3n) is 1.79. The van der Waals surface area contributed by atoms with Crippen molar-refractivity contribution in [2.45, 2.75) is 11.8 Å². The molecular formula is C8H11BO5S. The molecule has 2 N–H and O–H groups in total. The Bertz CT molecular complexity index is 454. The molecule has 0 atom stereocenters. The third kappa shape index (κ3) is 3.23. The van der Waals surface area contributed by atoms with E-state index in [1.54, 1.807) is 6.92 Å². The van der Waals surface area contributed by atoms with Gasteiger partial charge in [-0.15, -0.1) is 0 Å². The quantitative estimate of drug-likeness (QED) is 0.699. The van der Waals surface area contributed by atoms with E-state index in [0.29, 0.717) is 5.56 Å². The van der Waals surface area contributed by atoms with Gasteiger partial charge in [0.05, 0.1) is 4.90 Å². The van der Waals surface area contributed by atoms with E-state index in [-0.39, 0.29) is 10.6 Å². The van der Waals surface area contributed by atoms with Gasteiger partial charge in [0.25, 0.3) is 0 Å². The highest BCUT2D eigenvalue weighted by molar-refractivity contribution is 7.90. The highest BCUT2D eigenvalue weighted by Crippen LogP contribution is 2.21. The minimum absolute atomic E-state index is 0.197. The van der Waals surface area contributed by atoms with Crippen molar-refractivity contribution in [1.29, 1.82) is 0 Å². The van der Waals surface area contributed by atoms with Gasteiger partial charge in [0.2, 0.25) is 0 Å². The maximum Gasteiger partial charge on any atom is 0.707 e. The monoisotopic (exact) mass is 230 g/mol. The van der Waals surface area contributed by atoms with E-state index in [1.165, 1.54) is 18.2 Å². The van der Waals surface area contributed by atoms with Crippen LogP contribution in [0.15, 0.2) is 23.1 Å². The molecular weight excluding hydrogens is 219 g/mol. The fourth-order valence-electron chi connectivity index (χ4n) is 1.23. The zero-order valence-electron chi connectivity index (χ0n) is 8.34. The van der Waals surface area contributed by atoms with Gasteiger partial charge in [0, 0.05) is 6.26 Å². The molecule has 0 saturated carbocycles. The Kier molecular flexibility index (Phi) is 3.38. The molecule has 1 aromatic rings. The molecule has 1 aromatic carbocycles. The van der Waals surface area contributed by atoms with E-state index in [0.717, 1.165) is 6.26 Å². The van der Waals surface area contributed by atoms with Crippen LogP contribution < -0.4 is 4.65 Å². The second-order valence-corrected chi connectivity index (χ2v) is 5.13. The van der Waals surface area contributed by atoms with Crippen LogP contribution in [0.5, 0.6) is 5.75 Å². The van der Waals surface area contributed by atoms with Crippen LogP contribution in [-0.2, 0) is 9.84 Å². The summed E-state index contributed by atoms with van der Waals surface area (Å²) < 4.78 is 27.1. The van der Waals surface area contributed by atoms with E-state index >= 15 is 0 Å². The summed E-state index contributed by atoms with van der Waals surface area (Å²) in [5.74, 6) is 0.204. The molecule has 82 valence electrons. The van der Waals surface area contributed by atoms with Crippen LogP contribution in [-0.4, -0.2) is 32.0 Å². The number of sulfone groups is 1. The summed E-state index contributed by atoms with van der Waals surface area (Å²) >= 11 is 0. The highest BCUT2D eigenvalue weighted by Gasteiger charge is 2.14. The molecule has 0 saturated heterocycles. The van der Waals surface area contributed by atoms with Crippen molar-refractivity contribution in [1.82, 2.24) is 0 Å². The molecule has 0 aliphatic carbocycles. The van der Waals surface area contributed by atoms with Crippen molar-refractivity contribution in [2.24, 2.45) is 0 Å². The van der Waals surface area contributed by atoms with Crippen molar-refractivity contribution < 1.29 is 23.1 Å². The van der Waals surface area contributed by atoms with Gasteiger partial charge in [0.15, 0.2) is 9.84 Å². The molecule has 0 fully saturated rings. The Morgan fingerprint density at radius 1 is 1.33 bits per heavy atom. The minimum atomic E-state index is -3.26. The van der Waals surface area contributed by atoms with Gasteiger partial charge in [0.1, 0.15) is 5.75 Å². The summed E-state index contributed by atoms with van der Waals surface area (Å²) in [6, 6.07) is 4.15. The Morgan fingerprint density at radius 2 is 1.93 bits per heavy atom. The number of rotatable bonds is 3. The summed E-state index contributed by atoms with van der Waals surface area (Å²) in [6.45, 7) is 1.60. The SMILES string of the molecule is Cc1cc(OB(O)O)ccc1S(C)(=O)=O. The molecule has 0 aromatic heterocycles. The number of hydrogen-bond acceptors (Lipinski definition) is 5. The Hall–Kier alpha value is -1.05. The molecule has 0 spiro atoms. The largest absolute Gasteiger partial charge is 0.707 e. The lowest BCUT2D eigenvalue weighted by molar-refractivity contribution is 0.288. The zero-order valence-corrected chi connectivity index (χ0v) is 9.15. The molecule has 1 rings (SSSR count). The normalized spacial score (nSPS) is 11.2. The van der Waals surface area contributed by atoms with Crippen molar-refractivity contribution in [2.75, 3.05) is 6.26 Å². The maximum absolute atomic E-state index is 11.2. The summed E-state index contributed by atoms with van der Waals surface area (Å²) in [6.07, 6.45) is 1.11. The number of benzene rings is 1. The van der Waals surface area contributed by atoms with Crippen molar-refractivity contribution in [3.05, 3.63) is 23.8 Å². The van der Waals surface area contributed by atoms with E-state index in [2.05, 4.69) is 4.65 Å². The average molecular weight is 230 g/mol. The lowest BCUT2D eigenvalue weighted by atomic mass is 10.2. The van der Waals surface area contributed by atoms with Crippen molar-refractivity contribution in [3.8, 4) is 5.75 Å². The van der Waals surface area contributed by atoms with Crippen LogP contribution in [0.25, 0.3) is 0 Å². The first-order valence-electron chi connectivity index (χ1n) is 4.14. The lowest BCUT2D eigenvalue weighted by Crippen LogP contribution is -2.20. The molecule has 15 heavy (non-hydrogen) atoms. The van der Waals surface area contributed by atoms with Crippen LogP contribution in [0.1, 0.15) is 5.56 Å². The second kappa shape index (κ2) is 4.22. The Labute approximate surface area is 88.4 Å². The van der Waals surface area contributed by atoms with Gasteiger partial charge >= 0.3 is 7.32 Å². The van der Waals surface area contributed by atoms with Crippen LogP contribution in [0.3, 0.4) is 0 Å². The van der Waals surface area contributed by atoms with Gasteiger partial charge in [-0.1, -0.05) is 0 Å². The minimum Gasteiger partial charge on any atom is -0.512 e. The van der Waals surface area contributed by atoms with Gasteiger partial charge in [-0.05, 0) is 30.7 Å². The molecule has 5 nitrogen and oxygen atoms in total. The summed E-state index contributed by atoms with van der Waals surface area (Å²) in [7, 11) is -5.17. The van der Waals surface area contributed by atoms with Crippen LogP contribution in [0.4, 0.5) is 0 Å². The molecule has 0 heterocycles. The molecule has 0 aliphatic rings. The molecule has 0 radical (unpaired) electrons. The fraction of sp³-hybridized carbons (Fsp3) is 0.250. The van der Waals surface area contributed by atoms with Crippen LogP contribution in [0, 0.1) is 6.92 Å². The summed E-state index contributed by atoms with van der Waals surface area (Å²) in [4.78, 5) is 0.197. The standard InChI is InChI=1S/C8H11BO5S/c1-6-5-7(14-9(10)11)3-4-8(6)15(2,12)13/h3-5,10-11H,1-2H3. The predicted molar refractivity (Wildman–Crippen MR) is 55.1 cm³/mol. The predicted octanol–water partition coefficient (Wildman–Crippen LogP) is -0.253. The summed E-state index contributed by atoms with van der Waals surface area (Å²) in [5.41, 5.74) is 0.496. The van der Waals surface area contributed by atoms with E-state index in [4.69, 9.17) is 10.0 Å². The first-order valence-corrected chi connectivity index (χ1v) is 6.03. The van der Waals surface area contributed by atoms with Gasteiger partial charge in [-0.25, -0.2) is 8.42 Å². The Morgan fingerprint density at radius 3 is 2.33 bits per heavy atom. The molecule has 0 bridgehead atoms. The first kappa shape index (κ1) is 12.0. The smallest absolute Gasteiger partial charge is 0.512 e. The number of hydrogen-bond donors (Lipinski definition) is 2. The molecule has 0 aliphatic heterocycles. The highest BCUT2D eigenvalue weighted by atomic mass is 32.2. The zero-order chi connectivity index (χ0) is 11.6. The average Bonchev–Trinajstić information content (AvgIpc) is 1.99. The van der Waals surface area contributed by atoms with Crippen LogP contribution >= 0.6 is 0 Å². The van der Waals surface area contributed by atoms with Gasteiger partial charge in [-0.2, -0.15) is 0 Å². The lowest BCUT2D eigenvalue weighted by Gasteiger charge is -2.08. The number of aryl methyl sites for hydroxylation is 1. The van der Waals surface area contributed by atoms with Gasteiger partial charge in [-0.3, -0.25) is 0 Å². The topological polar surface area (TPSA) is 83.8 Å². The van der Waals surface area contributed by atoms with E-state index in [1.807, 2.05) is 0 Å². The Balaban J connectivity index is 3.09. The first-order chi connectivity index (χ1) is 6.80. The van der Waals surface area contributed by atoms with Gasteiger partial charge < -0.3 is 14.7 Å². The van der Waals surface area contributed by atoms with Crippen molar-refractivity contribution >= 4 is 17.2 Å². The molecule has 0 unspecified atom stereocenters. The maximum atomic E-state index is 11.2. The molecule has 7 heteroatoms. The fourth-order valence-corrected chi connectivity index (χ4v) is 2.19. The summed E-state index contributed by atoms with van der Waals surface area (Å²) in [5, 5.41) is 17.1. The van der Waals surface area contributed by atoms with E-state index in [9.17, 15) is 8.42 Å². The van der Waals surface area contributed by atoms with Crippen LogP contribution in [0.2, 0.25) is 0 Å². The molecule has 0 amide bonds. The second-order valence-electron chi connectivity index (χ2n) is 3.14. The van der Waals surface area contributed by atoms with Crippen molar-refractivity contribution in [3.63, 3.8) is 0 Å². The van der Waals surface area contributed by atoms with E-state index < -0.39 is 17.2 Å².